The molecule has 20 heavy (non-hydrogen) atoms. The molecule has 0 saturated carbocycles. The summed E-state index contributed by atoms with van der Waals surface area (Å²) in [5.41, 5.74) is 8.83. The predicted octanol–water partition coefficient (Wildman–Crippen LogP) is 2.89. The summed E-state index contributed by atoms with van der Waals surface area (Å²) in [6, 6.07) is 4.03. The van der Waals surface area contributed by atoms with E-state index in [0.29, 0.717) is 0 Å². The quantitative estimate of drug-likeness (QED) is 0.559. The fourth-order valence-electron chi connectivity index (χ4n) is 2.16. The summed E-state index contributed by atoms with van der Waals surface area (Å²) >= 11 is 1.67. The Kier molecular flexibility index (Phi) is 3.56. The highest BCUT2D eigenvalue weighted by Gasteiger charge is 2.05. The van der Waals surface area contributed by atoms with Crippen LogP contribution >= 0.6 is 11.3 Å². The molecule has 3 N–H and O–H groups in total. The summed E-state index contributed by atoms with van der Waals surface area (Å²) < 4.78 is 3.21. The molecule has 3 aromatic rings. The van der Waals surface area contributed by atoms with Gasteiger partial charge < -0.3 is 15.6 Å². The molecule has 0 aliphatic carbocycles. The molecule has 0 fully saturated rings. The van der Waals surface area contributed by atoms with Gasteiger partial charge in [-0.05, 0) is 25.5 Å². The van der Waals surface area contributed by atoms with Crippen LogP contribution in [0.3, 0.4) is 0 Å². The van der Waals surface area contributed by atoms with Crippen LogP contribution in [0, 0.1) is 6.92 Å². The lowest BCUT2D eigenvalue weighted by Gasteiger charge is -2.09. The van der Waals surface area contributed by atoms with Crippen molar-refractivity contribution in [3.05, 3.63) is 35.9 Å². The van der Waals surface area contributed by atoms with E-state index in [1.54, 1.807) is 17.5 Å². The average molecular weight is 287 g/mol. The first-order valence-corrected chi connectivity index (χ1v) is 7.40. The van der Waals surface area contributed by atoms with E-state index in [0.717, 1.165) is 46.1 Å². The number of benzene rings is 1. The van der Waals surface area contributed by atoms with Crippen molar-refractivity contribution in [1.82, 2.24) is 14.5 Å². The van der Waals surface area contributed by atoms with Gasteiger partial charge in [-0.2, -0.15) is 0 Å². The van der Waals surface area contributed by atoms with Crippen LogP contribution in [0.2, 0.25) is 0 Å². The molecule has 0 radical (unpaired) electrons. The molecular formula is C14H17N5S. The van der Waals surface area contributed by atoms with Gasteiger partial charge in [0.1, 0.15) is 0 Å². The molecule has 0 amide bonds. The van der Waals surface area contributed by atoms with Crippen molar-refractivity contribution in [2.45, 2.75) is 19.9 Å². The van der Waals surface area contributed by atoms with Gasteiger partial charge in [-0.3, -0.25) is 0 Å². The molecule has 0 aliphatic heterocycles. The Morgan fingerprint density at radius 3 is 3.10 bits per heavy atom. The Morgan fingerprint density at radius 2 is 2.30 bits per heavy atom. The lowest BCUT2D eigenvalue weighted by Crippen LogP contribution is -2.07. The molecule has 6 heteroatoms. The molecule has 5 nitrogen and oxygen atoms in total. The van der Waals surface area contributed by atoms with Crippen LogP contribution in [0.5, 0.6) is 0 Å². The molecule has 0 bridgehead atoms. The number of anilines is 2. The van der Waals surface area contributed by atoms with E-state index in [2.05, 4.69) is 19.9 Å². The minimum atomic E-state index is 0.781. The van der Waals surface area contributed by atoms with Crippen LogP contribution in [0.4, 0.5) is 11.4 Å². The lowest BCUT2D eigenvalue weighted by molar-refractivity contribution is 0.661. The number of fused-ring (bicyclic) bond motifs is 1. The number of thiazole rings is 1. The van der Waals surface area contributed by atoms with Crippen molar-refractivity contribution in [2.75, 3.05) is 17.6 Å². The second-order valence-electron chi connectivity index (χ2n) is 4.72. The van der Waals surface area contributed by atoms with E-state index in [1.165, 1.54) is 0 Å². The third-order valence-corrected chi connectivity index (χ3v) is 4.07. The molecule has 0 atom stereocenters. The number of hydrogen-bond donors (Lipinski definition) is 2. The topological polar surface area (TPSA) is 68.8 Å². The third kappa shape index (κ3) is 2.75. The summed E-state index contributed by atoms with van der Waals surface area (Å²) in [7, 11) is 0. The van der Waals surface area contributed by atoms with E-state index in [4.69, 9.17) is 5.73 Å². The Bertz CT molecular complexity index is 702. The zero-order valence-corrected chi connectivity index (χ0v) is 12.2. The maximum atomic E-state index is 6.07. The maximum absolute atomic E-state index is 6.07. The van der Waals surface area contributed by atoms with Crippen molar-refractivity contribution in [3.8, 4) is 0 Å². The molecule has 0 unspecified atom stereocenters. The first-order chi connectivity index (χ1) is 9.72. The molecule has 2 heterocycles. The summed E-state index contributed by atoms with van der Waals surface area (Å²) in [6.07, 6.45) is 6.62. The third-order valence-electron chi connectivity index (χ3n) is 3.13. The molecule has 0 saturated heterocycles. The number of nitrogens with zero attached hydrogens (tertiary/aromatic N) is 3. The highest BCUT2D eigenvalue weighted by Crippen LogP contribution is 2.29. The number of rotatable bonds is 5. The SMILES string of the molecule is Cc1nc2cc(NCCCn3ccnc3)c(N)cc2s1. The number of hydrogen-bond acceptors (Lipinski definition) is 5. The standard InChI is InChI=1S/C14H17N5S/c1-10-18-13-8-12(11(15)7-14(13)20-10)17-3-2-5-19-6-4-16-9-19/h4,6-9,17H,2-3,5,15H2,1H3. The van der Waals surface area contributed by atoms with Gasteiger partial charge in [-0.1, -0.05) is 0 Å². The van der Waals surface area contributed by atoms with Gasteiger partial charge in [-0.15, -0.1) is 11.3 Å². The zero-order valence-electron chi connectivity index (χ0n) is 11.3. The number of aromatic nitrogens is 3. The lowest BCUT2D eigenvalue weighted by atomic mass is 10.2. The van der Waals surface area contributed by atoms with Crippen LogP contribution < -0.4 is 11.1 Å². The van der Waals surface area contributed by atoms with Gasteiger partial charge >= 0.3 is 0 Å². The van der Waals surface area contributed by atoms with Gasteiger partial charge in [0.15, 0.2) is 0 Å². The smallest absolute Gasteiger partial charge is 0.0945 e. The molecule has 2 aromatic heterocycles. The van der Waals surface area contributed by atoms with E-state index in [1.807, 2.05) is 31.6 Å². The molecule has 1 aromatic carbocycles. The van der Waals surface area contributed by atoms with Gasteiger partial charge in [0, 0.05) is 25.5 Å². The summed E-state index contributed by atoms with van der Waals surface area (Å²) in [5, 5.41) is 4.45. The van der Waals surface area contributed by atoms with Gasteiger partial charge in [0.2, 0.25) is 0 Å². The minimum absolute atomic E-state index is 0.781. The van der Waals surface area contributed by atoms with Gasteiger partial charge in [0.25, 0.3) is 0 Å². The van der Waals surface area contributed by atoms with Crippen LogP contribution in [0.1, 0.15) is 11.4 Å². The van der Waals surface area contributed by atoms with Crippen molar-refractivity contribution in [3.63, 3.8) is 0 Å². The fourth-order valence-corrected chi connectivity index (χ4v) is 3.02. The molecule has 3 rings (SSSR count). The number of imidazole rings is 1. The van der Waals surface area contributed by atoms with Crippen LogP contribution in [-0.4, -0.2) is 21.1 Å². The summed E-state index contributed by atoms with van der Waals surface area (Å²) in [4.78, 5) is 8.52. The average Bonchev–Trinajstić information content (AvgIpc) is 3.03. The first-order valence-electron chi connectivity index (χ1n) is 6.58. The van der Waals surface area contributed by atoms with Crippen molar-refractivity contribution < 1.29 is 0 Å². The van der Waals surface area contributed by atoms with E-state index >= 15 is 0 Å². The molecule has 104 valence electrons. The zero-order chi connectivity index (χ0) is 13.9. The van der Waals surface area contributed by atoms with Crippen LogP contribution in [0.15, 0.2) is 30.9 Å². The minimum Gasteiger partial charge on any atom is -0.397 e. The van der Waals surface area contributed by atoms with E-state index < -0.39 is 0 Å². The summed E-state index contributed by atoms with van der Waals surface area (Å²) in [6.45, 7) is 3.83. The molecular weight excluding hydrogens is 270 g/mol. The number of nitrogen functional groups attached to an aromatic ring is 1. The largest absolute Gasteiger partial charge is 0.397 e. The summed E-state index contributed by atoms with van der Waals surface area (Å²) in [5.74, 6) is 0. The van der Waals surface area contributed by atoms with Gasteiger partial charge in [0.05, 0.1) is 32.9 Å². The number of nitrogens with one attached hydrogen (secondary N) is 1. The van der Waals surface area contributed by atoms with E-state index in [-0.39, 0.29) is 0 Å². The Balaban J connectivity index is 1.63. The predicted molar refractivity (Wildman–Crippen MR) is 84.1 cm³/mol. The fraction of sp³-hybridized carbons (Fsp3) is 0.286. The van der Waals surface area contributed by atoms with Crippen molar-refractivity contribution in [2.24, 2.45) is 0 Å². The first kappa shape index (κ1) is 12.9. The Morgan fingerprint density at radius 1 is 1.40 bits per heavy atom. The van der Waals surface area contributed by atoms with Gasteiger partial charge in [-0.25, -0.2) is 9.97 Å². The monoisotopic (exact) mass is 287 g/mol. The Hall–Kier alpha value is -2.08. The van der Waals surface area contributed by atoms with E-state index in [9.17, 15) is 0 Å². The normalized spacial score (nSPS) is 11.1. The second kappa shape index (κ2) is 5.50. The van der Waals surface area contributed by atoms with Crippen molar-refractivity contribution in [1.29, 1.82) is 0 Å². The number of aryl methyl sites for hydroxylation is 2. The van der Waals surface area contributed by atoms with Crippen LogP contribution in [-0.2, 0) is 6.54 Å². The highest BCUT2D eigenvalue weighted by atomic mass is 32.1. The molecule has 0 spiro atoms. The molecule has 0 aliphatic rings. The Labute approximate surface area is 121 Å². The number of nitrogens with two attached hydrogens (primary N) is 1. The van der Waals surface area contributed by atoms with Crippen molar-refractivity contribution >= 4 is 32.9 Å². The maximum Gasteiger partial charge on any atom is 0.0945 e. The second-order valence-corrected chi connectivity index (χ2v) is 5.96. The van der Waals surface area contributed by atoms with Crippen LogP contribution in [0.25, 0.3) is 10.2 Å². The highest BCUT2D eigenvalue weighted by molar-refractivity contribution is 7.18.